The van der Waals surface area contributed by atoms with Gasteiger partial charge in [-0.2, -0.15) is 17.3 Å². The van der Waals surface area contributed by atoms with Crippen LogP contribution in [0, 0.1) is 11.5 Å². The van der Waals surface area contributed by atoms with Crippen LogP contribution in [0.25, 0.3) is 6.08 Å². The predicted molar refractivity (Wildman–Crippen MR) is 143 cm³/mol. The van der Waals surface area contributed by atoms with E-state index in [1.165, 1.54) is 39.0 Å². The van der Waals surface area contributed by atoms with Crippen LogP contribution in [0.15, 0.2) is 101 Å². The minimum atomic E-state index is -0.826. The first-order valence-electron chi connectivity index (χ1n) is 11.1. The van der Waals surface area contributed by atoms with Crippen LogP contribution in [0.2, 0.25) is 0 Å². The van der Waals surface area contributed by atoms with Gasteiger partial charge in [0.2, 0.25) is 0 Å². The first-order valence-corrected chi connectivity index (χ1v) is 18.2. The molecule has 166 valence electrons. The van der Waals surface area contributed by atoms with Crippen molar-refractivity contribution in [2.45, 2.75) is 32.1 Å². The molecule has 0 amide bonds. The van der Waals surface area contributed by atoms with E-state index in [0.29, 0.717) is 0 Å². The van der Waals surface area contributed by atoms with Gasteiger partial charge in [-0.3, -0.25) is 0 Å². The van der Waals surface area contributed by atoms with Gasteiger partial charge >= 0.3 is 37.9 Å². The Bertz CT molecular complexity index is 1220. The van der Waals surface area contributed by atoms with Gasteiger partial charge < -0.3 is 0 Å². The van der Waals surface area contributed by atoms with Gasteiger partial charge in [0.1, 0.15) is 0 Å². The van der Waals surface area contributed by atoms with E-state index in [2.05, 4.69) is 117 Å². The standard InChI is InChI=1S/C29H27Si.2ClH.Zr/c1-20-17-21-11-7-8-14-24(21)27(20)29(22-12-5-4-6-13-22)16-10-9-15-25-26(29)18-23(19-30)28(25,2)3;;;/h4-17,19,27H,30H2,1-3H3;2*1H;/q-1;;;+2/p-2. The van der Waals surface area contributed by atoms with Crippen LogP contribution in [0.3, 0.4) is 0 Å². The molecular weight excluding hydrogens is 539 g/mol. The van der Waals surface area contributed by atoms with Crippen molar-refractivity contribution in [3.63, 3.8) is 0 Å². The molecule has 0 heterocycles. The number of hydrogen-bond acceptors (Lipinski definition) is 0. The average Bonchev–Trinajstić information content (AvgIpc) is 3.19. The number of fused-ring (bicyclic) bond motifs is 1. The molecule has 0 aromatic heterocycles. The fraction of sp³-hybridized carbons (Fsp3) is 0.207. The Labute approximate surface area is 219 Å². The minimum absolute atomic E-state index is 0.0463. The first kappa shape index (κ1) is 24.8. The van der Waals surface area contributed by atoms with Crippen molar-refractivity contribution in [1.29, 1.82) is 0 Å². The summed E-state index contributed by atoms with van der Waals surface area (Å²) in [6.45, 7) is 6.96. The summed E-state index contributed by atoms with van der Waals surface area (Å²) in [5.41, 5.74) is 11.4. The second kappa shape index (κ2) is 10.1. The summed E-state index contributed by atoms with van der Waals surface area (Å²) in [5, 5.41) is 0. The maximum atomic E-state index is 4.93. The van der Waals surface area contributed by atoms with Gasteiger partial charge in [0.25, 0.3) is 0 Å². The van der Waals surface area contributed by atoms with Gasteiger partial charge in [-0.1, -0.05) is 114 Å². The van der Waals surface area contributed by atoms with Gasteiger partial charge in [-0.05, 0) is 23.6 Å². The van der Waals surface area contributed by atoms with Gasteiger partial charge in [0, 0.05) is 11.3 Å². The van der Waals surface area contributed by atoms with Crippen molar-refractivity contribution in [2.75, 3.05) is 0 Å². The molecule has 2 aromatic rings. The van der Waals surface area contributed by atoms with Crippen molar-refractivity contribution >= 4 is 38.6 Å². The van der Waals surface area contributed by atoms with Crippen LogP contribution < -0.4 is 0 Å². The SMILES string of the molecule is CC1=Cc2ccccc2C1C1(c2ccccc2)C=CC=CC2=C1[C-]=C(C=[SiH2])C2(C)C.[Cl][Zr][Cl]. The number of halogens is 2. The Morgan fingerprint density at radius 1 is 1.00 bits per heavy atom. The summed E-state index contributed by atoms with van der Waals surface area (Å²) in [5.74, 6) is 0.249. The van der Waals surface area contributed by atoms with Crippen LogP contribution in [-0.2, 0) is 26.3 Å². The van der Waals surface area contributed by atoms with Gasteiger partial charge in [-0.25, -0.2) is 0 Å². The topological polar surface area (TPSA) is 0 Å². The molecule has 3 aliphatic rings. The quantitative estimate of drug-likeness (QED) is 0.274. The van der Waals surface area contributed by atoms with Crippen LogP contribution in [0.4, 0.5) is 0 Å². The third-order valence-electron chi connectivity index (χ3n) is 7.08. The molecular formula is C29H27Cl2SiZr-. The monoisotopic (exact) mass is 563 g/mol. The summed E-state index contributed by atoms with van der Waals surface area (Å²) in [4.78, 5) is 0. The van der Waals surface area contributed by atoms with E-state index in [4.69, 9.17) is 17.0 Å². The Kier molecular flexibility index (Phi) is 7.61. The normalized spacial score (nSPS) is 24.1. The Balaban J connectivity index is 0.000000821. The van der Waals surface area contributed by atoms with E-state index in [1.807, 2.05) is 9.85 Å². The van der Waals surface area contributed by atoms with E-state index in [1.54, 1.807) is 0 Å². The summed E-state index contributed by atoms with van der Waals surface area (Å²) >= 11 is -0.826. The van der Waals surface area contributed by atoms with E-state index < -0.39 is 20.8 Å². The summed E-state index contributed by atoms with van der Waals surface area (Å²) in [6, 6.07) is 19.9. The summed E-state index contributed by atoms with van der Waals surface area (Å²) < 4.78 is 0. The molecule has 0 aliphatic heterocycles. The zero-order valence-corrected chi connectivity index (χ0v) is 24.6. The molecule has 0 nitrogen and oxygen atoms in total. The zero-order valence-electron chi connectivity index (χ0n) is 19.2. The van der Waals surface area contributed by atoms with Crippen molar-refractivity contribution in [3.8, 4) is 0 Å². The van der Waals surface area contributed by atoms with Crippen LogP contribution in [0.1, 0.15) is 43.4 Å². The molecule has 0 fully saturated rings. The van der Waals surface area contributed by atoms with E-state index in [9.17, 15) is 0 Å². The fourth-order valence-corrected chi connectivity index (χ4v) is 6.24. The molecule has 0 spiro atoms. The first-order chi connectivity index (χ1) is 15.9. The third-order valence-corrected chi connectivity index (χ3v) is 7.49. The van der Waals surface area contributed by atoms with Gasteiger partial charge in [0.15, 0.2) is 0 Å². The molecule has 0 bridgehead atoms. The van der Waals surface area contributed by atoms with Crippen LogP contribution in [-0.4, -0.2) is 15.5 Å². The van der Waals surface area contributed by atoms with E-state index in [0.717, 1.165) is 0 Å². The molecule has 0 N–H and O–H groups in total. The van der Waals surface area contributed by atoms with Gasteiger partial charge in [-0.15, -0.1) is 17.2 Å². The number of hydrogen-bond donors (Lipinski definition) is 0. The second-order valence-corrected chi connectivity index (χ2v) is 13.3. The number of benzene rings is 2. The molecule has 0 saturated carbocycles. The molecule has 5 rings (SSSR count). The third kappa shape index (κ3) is 4.19. The van der Waals surface area contributed by atoms with Gasteiger partial charge in [0.05, 0.1) is 0 Å². The predicted octanol–water partition coefficient (Wildman–Crippen LogP) is 7.13. The van der Waals surface area contributed by atoms with Crippen LogP contribution >= 0.6 is 17.0 Å². The van der Waals surface area contributed by atoms with Crippen molar-refractivity contribution in [3.05, 3.63) is 124 Å². The maximum absolute atomic E-state index is 4.93. The summed E-state index contributed by atoms with van der Waals surface area (Å²) in [6.07, 6.45) is 15.5. The molecule has 0 radical (unpaired) electrons. The van der Waals surface area contributed by atoms with E-state index in [-0.39, 0.29) is 16.7 Å². The number of rotatable bonds is 3. The fourth-order valence-electron chi connectivity index (χ4n) is 5.63. The Morgan fingerprint density at radius 2 is 1.67 bits per heavy atom. The zero-order chi connectivity index (χ0) is 23.6. The molecule has 2 unspecified atom stereocenters. The van der Waals surface area contributed by atoms with Crippen LogP contribution in [0.5, 0.6) is 0 Å². The molecule has 2 atom stereocenters. The Morgan fingerprint density at radius 3 is 2.36 bits per heavy atom. The van der Waals surface area contributed by atoms with E-state index >= 15 is 0 Å². The molecule has 0 saturated heterocycles. The summed E-state index contributed by atoms with van der Waals surface area (Å²) in [7, 11) is 11.8. The van der Waals surface area contributed by atoms with Crippen molar-refractivity contribution in [2.24, 2.45) is 5.41 Å². The number of allylic oxidation sites excluding steroid dienone is 9. The second-order valence-electron chi connectivity index (χ2n) is 9.13. The van der Waals surface area contributed by atoms with Crippen molar-refractivity contribution < 1.29 is 20.8 Å². The molecule has 4 heteroatoms. The average molecular weight is 566 g/mol. The Hall–Kier alpha value is -1.31. The molecule has 33 heavy (non-hydrogen) atoms. The van der Waals surface area contributed by atoms with Crippen molar-refractivity contribution in [1.82, 2.24) is 0 Å². The molecule has 2 aromatic carbocycles. The molecule has 3 aliphatic carbocycles.